The molecular weight excluding hydrogens is 280 g/mol. The Balaban J connectivity index is 3.16. The first-order valence-electron chi connectivity index (χ1n) is 4.07. The number of hydrogen-bond acceptors (Lipinski definition) is 3. The summed E-state index contributed by atoms with van der Waals surface area (Å²) in [5.41, 5.74) is 0.998. The van der Waals surface area contributed by atoms with Gasteiger partial charge in [-0.05, 0) is 36.9 Å². The van der Waals surface area contributed by atoms with Crippen LogP contribution in [0.2, 0.25) is 0 Å². The highest BCUT2D eigenvalue weighted by Gasteiger charge is 2.16. The van der Waals surface area contributed by atoms with Crippen LogP contribution >= 0.6 is 40.3 Å². The van der Waals surface area contributed by atoms with Gasteiger partial charge in [0.15, 0.2) is 0 Å². The average molecular weight is 291 g/mol. The predicted octanol–water partition coefficient (Wildman–Crippen LogP) is 3.72. The second-order valence-electron chi connectivity index (χ2n) is 2.90. The molecule has 0 fully saturated rings. The lowest BCUT2D eigenvalue weighted by Gasteiger charge is -2.11. The smallest absolute Gasteiger partial charge is 0.147 e. The molecule has 1 aromatic rings. The third-order valence-electron chi connectivity index (χ3n) is 1.84. The first-order chi connectivity index (χ1) is 6.56. The predicted molar refractivity (Wildman–Crippen MR) is 67.8 cm³/mol. The summed E-state index contributed by atoms with van der Waals surface area (Å²) in [7, 11) is 0. The number of thioether (sulfide) groups is 1. The van der Waals surface area contributed by atoms with E-state index in [-0.39, 0.29) is 10.6 Å². The molecule has 0 spiro atoms. The number of carbonyl (C=O) groups excluding carboxylic acids is 1. The molecule has 76 valence electrons. The molecular formula is C10H11BrOS2. The van der Waals surface area contributed by atoms with Crippen LogP contribution < -0.4 is 0 Å². The van der Waals surface area contributed by atoms with Crippen LogP contribution in [-0.4, -0.2) is 12.0 Å². The molecule has 0 radical (unpaired) electrons. The number of benzene rings is 1. The third kappa shape index (κ3) is 2.78. The minimum Gasteiger partial charge on any atom is -0.298 e. The van der Waals surface area contributed by atoms with Gasteiger partial charge in [-0.25, -0.2) is 0 Å². The molecule has 0 N–H and O–H groups in total. The SMILES string of the molecule is CSc1ccc(S)cc1C(Br)C(C)=O. The lowest BCUT2D eigenvalue weighted by molar-refractivity contribution is -0.116. The summed E-state index contributed by atoms with van der Waals surface area (Å²) in [5.74, 6) is 0.110. The second-order valence-corrected chi connectivity index (χ2v) is 5.18. The van der Waals surface area contributed by atoms with Gasteiger partial charge in [-0.2, -0.15) is 0 Å². The topological polar surface area (TPSA) is 17.1 Å². The van der Waals surface area contributed by atoms with Crippen LogP contribution in [0.1, 0.15) is 17.3 Å². The number of ketones is 1. The van der Waals surface area contributed by atoms with Crippen LogP contribution in [0.3, 0.4) is 0 Å². The van der Waals surface area contributed by atoms with E-state index in [2.05, 4.69) is 28.6 Å². The van der Waals surface area contributed by atoms with Gasteiger partial charge in [-0.15, -0.1) is 24.4 Å². The fourth-order valence-electron chi connectivity index (χ4n) is 1.14. The lowest BCUT2D eigenvalue weighted by atomic mass is 10.1. The van der Waals surface area contributed by atoms with Crippen LogP contribution in [0.25, 0.3) is 0 Å². The number of thiol groups is 1. The molecule has 1 nitrogen and oxygen atoms in total. The van der Waals surface area contributed by atoms with Crippen molar-refractivity contribution < 1.29 is 4.79 Å². The number of halogens is 1. The minimum absolute atomic E-state index is 0.110. The summed E-state index contributed by atoms with van der Waals surface area (Å²) in [4.78, 5) is 13.0. The van der Waals surface area contributed by atoms with E-state index in [0.29, 0.717) is 0 Å². The Hall–Kier alpha value is 0.0700. The summed E-state index contributed by atoms with van der Waals surface area (Å²) < 4.78 is 0. The highest BCUT2D eigenvalue weighted by Crippen LogP contribution is 2.33. The summed E-state index contributed by atoms with van der Waals surface area (Å²) in [6, 6.07) is 5.84. The molecule has 1 unspecified atom stereocenters. The highest BCUT2D eigenvalue weighted by molar-refractivity contribution is 9.09. The van der Waals surface area contributed by atoms with Gasteiger partial charge < -0.3 is 0 Å². The normalized spacial score (nSPS) is 12.6. The van der Waals surface area contributed by atoms with Crippen LogP contribution in [-0.2, 0) is 4.79 Å². The Morgan fingerprint density at radius 1 is 1.57 bits per heavy atom. The van der Waals surface area contributed by atoms with E-state index in [1.165, 1.54) is 0 Å². The Morgan fingerprint density at radius 2 is 2.21 bits per heavy atom. The molecule has 1 aromatic carbocycles. The zero-order valence-corrected chi connectivity index (χ0v) is 11.2. The average Bonchev–Trinajstić information content (AvgIpc) is 2.16. The van der Waals surface area contributed by atoms with Gasteiger partial charge in [0, 0.05) is 9.79 Å². The van der Waals surface area contributed by atoms with Crippen molar-refractivity contribution >= 4 is 46.1 Å². The molecule has 0 saturated carbocycles. The molecule has 4 heteroatoms. The van der Waals surface area contributed by atoms with Crippen molar-refractivity contribution in [3.05, 3.63) is 23.8 Å². The van der Waals surface area contributed by atoms with Crippen molar-refractivity contribution in [2.75, 3.05) is 6.26 Å². The van der Waals surface area contributed by atoms with Crippen LogP contribution in [0.5, 0.6) is 0 Å². The molecule has 0 heterocycles. The third-order valence-corrected chi connectivity index (χ3v) is 4.07. The molecule has 14 heavy (non-hydrogen) atoms. The van der Waals surface area contributed by atoms with Gasteiger partial charge in [0.05, 0.1) is 4.83 Å². The van der Waals surface area contributed by atoms with Crippen molar-refractivity contribution in [2.24, 2.45) is 0 Å². The van der Waals surface area contributed by atoms with Gasteiger partial charge in [0.25, 0.3) is 0 Å². The molecule has 0 aliphatic rings. The second kappa shape index (κ2) is 5.24. The summed E-state index contributed by atoms with van der Waals surface area (Å²) >= 11 is 9.27. The number of hydrogen-bond donors (Lipinski definition) is 1. The fourth-order valence-corrected chi connectivity index (χ4v) is 2.50. The number of Topliss-reactive ketones (excluding diaryl/α,β-unsaturated/α-hetero) is 1. The molecule has 1 atom stereocenters. The Labute approximate surface area is 102 Å². The maximum Gasteiger partial charge on any atom is 0.147 e. The zero-order valence-electron chi connectivity index (χ0n) is 7.95. The largest absolute Gasteiger partial charge is 0.298 e. The van der Waals surface area contributed by atoms with Gasteiger partial charge in [0.1, 0.15) is 5.78 Å². The fraction of sp³-hybridized carbons (Fsp3) is 0.300. The Bertz CT molecular complexity index is 352. The maximum absolute atomic E-state index is 11.2. The maximum atomic E-state index is 11.2. The monoisotopic (exact) mass is 290 g/mol. The molecule has 0 aromatic heterocycles. The summed E-state index contributed by atoms with van der Waals surface area (Å²) in [5, 5.41) is 0. The van der Waals surface area contributed by atoms with Gasteiger partial charge in [-0.1, -0.05) is 15.9 Å². The Kier molecular flexibility index (Phi) is 4.54. The van der Waals surface area contributed by atoms with E-state index in [9.17, 15) is 4.79 Å². The van der Waals surface area contributed by atoms with Crippen molar-refractivity contribution in [2.45, 2.75) is 21.5 Å². The standard InChI is InChI=1S/C10H11BrOS2/c1-6(12)10(11)8-5-7(13)3-4-9(8)14-2/h3-5,10,13H,1-2H3. The number of rotatable bonds is 3. The molecule has 0 amide bonds. The van der Waals surface area contributed by atoms with E-state index in [1.54, 1.807) is 18.7 Å². The van der Waals surface area contributed by atoms with Crippen LogP contribution in [0.4, 0.5) is 0 Å². The molecule has 0 aliphatic carbocycles. The van der Waals surface area contributed by atoms with Crippen molar-refractivity contribution in [3.8, 4) is 0 Å². The lowest BCUT2D eigenvalue weighted by Crippen LogP contribution is -2.02. The van der Waals surface area contributed by atoms with Gasteiger partial charge in [-0.3, -0.25) is 4.79 Å². The van der Waals surface area contributed by atoms with E-state index in [1.807, 2.05) is 24.5 Å². The van der Waals surface area contributed by atoms with E-state index >= 15 is 0 Å². The number of carbonyl (C=O) groups is 1. The van der Waals surface area contributed by atoms with Crippen LogP contribution in [0.15, 0.2) is 28.0 Å². The van der Waals surface area contributed by atoms with Gasteiger partial charge in [0.2, 0.25) is 0 Å². The molecule has 0 saturated heterocycles. The first kappa shape index (κ1) is 12.1. The number of alkyl halides is 1. The van der Waals surface area contributed by atoms with E-state index in [0.717, 1.165) is 15.4 Å². The van der Waals surface area contributed by atoms with E-state index in [4.69, 9.17) is 0 Å². The summed E-state index contributed by atoms with van der Waals surface area (Å²) in [6.45, 7) is 1.58. The molecule has 0 bridgehead atoms. The molecule has 0 aliphatic heterocycles. The van der Waals surface area contributed by atoms with Crippen LogP contribution in [0, 0.1) is 0 Å². The highest BCUT2D eigenvalue weighted by atomic mass is 79.9. The van der Waals surface area contributed by atoms with Crippen molar-refractivity contribution in [1.29, 1.82) is 0 Å². The Morgan fingerprint density at radius 3 is 2.71 bits per heavy atom. The first-order valence-corrected chi connectivity index (χ1v) is 6.66. The summed E-state index contributed by atoms with van der Waals surface area (Å²) in [6.07, 6.45) is 2.00. The molecule has 1 rings (SSSR count). The van der Waals surface area contributed by atoms with Crippen molar-refractivity contribution in [1.82, 2.24) is 0 Å². The zero-order chi connectivity index (χ0) is 10.7. The minimum atomic E-state index is -0.225. The van der Waals surface area contributed by atoms with Crippen molar-refractivity contribution in [3.63, 3.8) is 0 Å². The van der Waals surface area contributed by atoms with E-state index < -0.39 is 0 Å². The quantitative estimate of drug-likeness (QED) is 0.519. The van der Waals surface area contributed by atoms with Gasteiger partial charge >= 0.3 is 0 Å².